The predicted octanol–water partition coefficient (Wildman–Crippen LogP) is 5.35. The van der Waals surface area contributed by atoms with Gasteiger partial charge < -0.3 is 15.0 Å². The number of aromatic nitrogens is 2. The van der Waals surface area contributed by atoms with Gasteiger partial charge in [-0.2, -0.15) is 5.10 Å². The molecule has 0 radical (unpaired) electrons. The number of hydrogen-bond donors (Lipinski definition) is 1. The zero-order chi connectivity index (χ0) is 22.2. The summed E-state index contributed by atoms with van der Waals surface area (Å²) < 4.78 is 21.1. The van der Waals surface area contributed by atoms with Gasteiger partial charge in [-0.3, -0.25) is 0 Å². The molecule has 0 spiro atoms. The van der Waals surface area contributed by atoms with Crippen LogP contribution < -0.4 is 10.1 Å². The van der Waals surface area contributed by atoms with E-state index < -0.39 is 0 Å². The summed E-state index contributed by atoms with van der Waals surface area (Å²) in [4.78, 5) is 14.5. The number of carbonyl (C=O) groups excluding carboxylic acids is 1. The number of ether oxygens (including phenoxy) is 1. The van der Waals surface area contributed by atoms with Crippen LogP contribution in [-0.2, 0) is 13.6 Å². The number of carbonyl (C=O) groups is 1. The van der Waals surface area contributed by atoms with Crippen molar-refractivity contribution in [3.05, 3.63) is 66.0 Å². The Hall–Kier alpha value is -3.35. The maximum Gasteiger partial charge on any atom is 0.317 e. The van der Waals surface area contributed by atoms with Crippen molar-refractivity contribution in [2.45, 2.75) is 33.2 Å². The third-order valence-corrected chi connectivity index (χ3v) is 4.82. The van der Waals surface area contributed by atoms with E-state index in [0.717, 1.165) is 29.7 Å². The molecule has 0 fully saturated rings. The summed E-state index contributed by atoms with van der Waals surface area (Å²) in [6, 6.07) is 15.6. The van der Waals surface area contributed by atoms with Crippen molar-refractivity contribution in [1.29, 1.82) is 0 Å². The molecule has 1 aromatic heterocycles. The van der Waals surface area contributed by atoms with Gasteiger partial charge in [0.05, 0.1) is 12.1 Å². The van der Waals surface area contributed by atoms with Gasteiger partial charge in [-0.05, 0) is 37.1 Å². The Morgan fingerprint density at radius 3 is 2.45 bits per heavy atom. The lowest BCUT2D eigenvalue weighted by molar-refractivity contribution is 0.194. The molecule has 1 N–H and O–H groups in total. The summed E-state index contributed by atoms with van der Waals surface area (Å²) in [5, 5.41) is 7.64. The van der Waals surface area contributed by atoms with Gasteiger partial charge in [0.25, 0.3) is 0 Å². The van der Waals surface area contributed by atoms with Crippen LogP contribution in [0.3, 0.4) is 0 Å². The Morgan fingerprint density at radius 1 is 1.10 bits per heavy atom. The summed E-state index contributed by atoms with van der Waals surface area (Å²) in [6.45, 7) is 5.63. The Balaban J connectivity index is 2.01. The van der Waals surface area contributed by atoms with Gasteiger partial charge in [0.15, 0.2) is 0 Å². The van der Waals surface area contributed by atoms with Gasteiger partial charge >= 0.3 is 6.03 Å². The second-order valence-electron chi connectivity index (χ2n) is 7.33. The van der Waals surface area contributed by atoms with E-state index in [2.05, 4.69) is 10.4 Å². The zero-order valence-electron chi connectivity index (χ0n) is 18.3. The number of aryl methyl sites for hydroxylation is 1. The highest BCUT2D eigenvalue weighted by atomic mass is 19.1. The van der Waals surface area contributed by atoms with Crippen LogP contribution in [0, 0.1) is 5.82 Å². The van der Waals surface area contributed by atoms with E-state index in [-0.39, 0.29) is 11.8 Å². The largest absolute Gasteiger partial charge is 0.439 e. The highest BCUT2D eigenvalue weighted by molar-refractivity contribution is 5.75. The van der Waals surface area contributed by atoms with Crippen molar-refractivity contribution in [3.8, 4) is 22.9 Å². The molecule has 0 bridgehead atoms. The molecule has 0 aliphatic heterocycles. The van der Waals surface area contributed by atoms with Crippen molar-refractivity contribution < 1.29 is 13.9 Å². The molecule has 7 heteroatoms. The maximum atomic E-state index is 13.3. The molecular weight excluding hydrogens is 395 g/mol. The Morgan fingerprint density at radius 2 is 1.81 bits per heavy atom. The van der Waals surface area contributed by atoms with Crippen molar-refractivity contribution in [1.82, 2.24) is 20.0 Å². The molecule has 0 atom stereocenters. The van der Waals surface area contributed by atoms with E-state index in [4.69, 9.17) is 4.74 Å². The van der Waals surface area contributed by atoms with Gasteiger partial charge in [-0.15, -0.1) is 0 Å². The Kier molecular flexibility index (Phi) is 7.65. The molecule has 164 valence electrons. The number of halogens is 1. The van der Waals surface area contributed by atoms with Gasteiger partial charge in [0.1, 0.15) is 17.3 Å². The second-order valence-corrected chi connectivity index (χ2v) is 7.33. The van der Waals surface area contributed by atoms with Crippen molar-refractivity contribution in [2.75, 3.05) is 13.1 Å². The first-order valence-corrected chi connectivity index (χ1v) is 10.6. The maximum absolute atomic E-state index is 13.3. The SMILES string of the molecule is CCCNC(=O)N(CCC)Cc1c(-c2ccccc2)nn(C)c1Oc1ccc(F)cc1. The average Bonchev–Trinajstić information content (AvgIpc) is 3.09. The summed E-state index contributed by atoms with van der Waals surface area (Å²) in [7, 11) is 1.80. The smallest absolute Gasteiger partial charge is 0.317 e. The van der Waals surface area contributed by atoms with Crippen molar-refractivity contribution in [2.24, 2.45) is 7.05 Å². The molecule has 31 heavy (non-hydrogen) atoms. The minimum atomic E-state index is -0.329. The van der Waals surface area contributed by atoms with E-state index in [9.17, 15) is 9.18 Å². The zero-order valence-corrected chi connectivity index (χ0v) is 18.3. The lowest BCUT2D eigenvalue weighted by Gasteiger charge is -2.23. The van der Waals surface area contributed by atoms with Crippen LogP contribution in [-0.4, -0.2) is 33.8 Å². The first-order chi connectivity index (χ1) is 15.0. The lowest BCUT2D eigenvalue weighted by Crippen LogP contribution is -2.40. The monoisotopic (exact) mass is 424 g/mol. The number of nitrogens with zero attached hydrogens (tertiary/aromatic N) is 3. The second kappa shape index (κ2) is 10.6. The summed E-state index contributed by atoms with van der Waals surface area (Å²) in [6.07, 6.45) is 1.70. The van der Waals surface area contributed by atoms with E-state index in [0.29, 0.717) is 31.3 Å². The molecule has 0 saturated heterocycles. The quantitative estimate of drug-likeness (QED) is 0.504. The number of nitrogens with one attached hydrogen (secondary N) is 1. The van der Waals surface area contributed by atoms with Crippen LogP contribution in [0.15, 0.2) is 54.6 Å². The molecule has 3 rings (SSSR count). The van der Waals surface area contributed by atoms with Crippen LogP contribution in [0.2, 0.25) is 0 Å². The fraction of sp³-hybridized carbons (Fsp3) is 0.333. The topological polar surface area (TPSA) is 59.4 Å². The van der Waals surface area contributed by atoms with E-state index in [1.54, 1.807) is 28.8 Å². The molecule has 0 aliphatic rings. The summed E-state index contributed by atoms with van der Waals surface area (Å²) in [5.74, 6) is 0.696. The van der Waals surface area contributed by atoms with Crippen LogP contribution >= 0.6 is 0 Å². The van der Waals surface area contributed by atoms with Gasteiger partial charge in [-0.25, -0.2) is 13.9 Å². The van der Waals surface area contributed by atoms with Crippen LogP contribution in [0.4, 0.5) is 9.18 Å². The van der Waals surface area contributed by atoms with E-state index >= 15 is 0 Å². The van der Waals surface area contributed by atoms with E-state index in [1.807, 2.05) is 44.2 Å². The molecule has 6 nitrogen and oxygen atoms in total. The molecular formula is C24H29FN4O2. The predicted molar refractivity (Wildman–Crippen MR) is 120 cm³/mol. The highest BCUT2D eigenvalue weighted by Gasteiger charge is 2.24. The minimum absolute atomic E-state index is 0.112. The summed E-state index contributed by atoms with van der Waals surface area (Å²) in [5.41, 5.74) is 2.50. The van der Waals surface area contributed by atoms with Gasteiger partial charge in [-0.1, -0.05) is 44.2 Å². The molecule has 2 aromatic carbocycles. The van der Waals surface area contributed by atoms with Gasteiger partial charge in [0, 0.05) is 25.7 Å². The third-order valence-electron chi connectivity index (χ3n) is 4.82. The minimum Gasteiger partial charge on any atom is -0.439 e. The molecule has 2 amide bonds. The number of urea groups is 1. The molecule has 0 saturated carbocycles. The number of hydrogen-bond acceptors (Lipinski definition) is 3. The number of amides is 2. The van der Waals surface area contributed by atoms with Crippen molar-refractivity contribution in [3.63, 3.8) is 0 Å². The first kappa shape index (κ1) is 22.3. The fourth-order valence-electron chi connectivity index (χ4n) is 3.32. The standard InChI is InChI=1S/C24H29FN4O2/c1-4-15-26-24(30)29(16-5-2)17-21-22(18-9-7-6-8-10-18)27-28(3)23(21)31-20-13-11-19(25)12-14-20/h6-14H,4-5,15-17H2,1-3H3,(H,26,30). The molecule has 0 unspecified atom stereocenters. The van der Waals surface area contributed by atoms with Gasteiger partial charge in [0.2, 0.25) is 5.88 Å². The van der Waals surface area contributed by atoms with Crippen LogP contribution in [0.1, 0.15) is 32.3 Å². The van der Waals surface area contributed by atoms with Crippen LogP contribution in [0.25, 0.3) is 11.3 Å². The molecule has 3 aromatic rings. The number of rotatable bonds is 9. The fourth-order valence-corrected chi connectivity index (χ4v) is 3.32. The summed E-state index contributed by atoms with van der Waals surface area (Å²) >= 11 is 0. The molecule has 1 heterocycles. The molecule has 0 aliphatic carbocycles. The normalized spacial score (nSPS) is 10.7. The van der Waals surface area contributed by atoms with Crippen LogP contribution in [0.5, 0.6) is 11.6 Å². The van der Waals surface area contributed by atoms with Crippen molar-refractivity contribution >= 4 is 6.03 Å². The highest BCUT2D eigenvalue weighted by Crippen LogP contribution is 2.34. The van der Waals surface area contributed by atoms with E-state index in [1.165, 1.54) is 12.1 Å². The third kappa shape index (κ3) is 5.63. The first-order valence-electron chi connectivity index (χ1n) is 10.6. The number of benzene rings is 2. The Labute approximate surface area is 182 Å². The Bertz CT molecular complexity index is 987. The average molecular weight is 425 g/mol. The lowest BCUT2D eigenvalue weighted by atomic mass is 10.1.